The van der Waals surface area contributed by atoms with Crippen molar-refractivity contribution in [2.45, 2.75) is 13.3 Å². The van der Waals surface area contributed by atoms with Crippen LogP contribution in [0.5, 0.6) is 5.88 Å². The molecule has 3 N–H and O–H groups in total. The summed E-state index contributed by atoms with van der Waals surface area (Å²) in [6, 6.07) is 8.78. The van der Waals surface area contributed by atoms with Crippen LogP contribution in [0.15, 0.2) is 36.5 Å². The lowest BCUT2D eigenvalue weighted by Crippen LogP contribution is -2.40. The molecule has 0 aliphatic rings. The van der Waals surface area contributed by atoms with E-state index in [0.717, 1.165) is 6.42 Å². The Morgan fingerprint density at radius 1 is 1.30 bits per heavy atom. The zero-order valence-corrected chi connectivity index (χ0v) is 15.7. The number of methoxy groups -OCH3 is 1. The zero-order valence-electron chi connectivity index (χ0n) is 15.0. The van der Waals surface area contributed by atoms with Crippen molar-refractivity contribution in [2.24, 2.45) is 0 Å². The lowest BCUT2D eigenvalue weighted by atomic mass is 9.99. The summed E-state index contributed by atoms with van der Waals surface area (Å²) >= 11 is 5.94. The van der Waals surface area contributed by atoms with E-state index in [4.69, 9.17) is 22.1 Å². The van der Waals surface area contributed by atoms with E-state index in [9.17, 15) is 10.0 Å². The van der Waals surface area contributed by atoms with Crippen molar-refractivity contribution in [1.82, 2.24) is 10.3 Å². The van der Waals surface area contributed by atoms with Gasteiger partial charge >= 0.3 is 11.6 Å². The van der Waals surface area contributed by atoms with Gasteiger partial charge in [0.05, 0.1) is 12.5 Å². The second kappa shape index (κ2) is 7.67. The van der Waals surface area contributed by atoms with E-state index in [1.165, 1.54) is 13.3 Å². The Labute approximate surface area is 161 Å². The molecule has 1 aromatic carbocycles. The number of hydrogen-bond acceptors (Lipinski definition) is 5. The Morgan fingerprint density at radius 3 is 2.78 bits per heavy atom. The molecule has 0 radical (unpaired) electrons. The number of fused-ring (bicyclic) bond motifs is 1. The normalized spacial score (nSPS) is 10.8. The summed E-state index contributed by atoms with van der Waals surface area (Å²) in [5.74, 6) is -0.168. The quantitative estimate of drug-likeness (QED) is 0.398. The van der Waals surface area contributed by atoms with Crippen LogP contribution in [0, 0.1) is 5.21 Å². The number of nitrogen functional groups attached to an aromatic ring is 1. The Hall–Kier alpha value is -3.06. The van der Waals surface area contributed by atoms with Gasteiger partial charge in [0.15, 0.2) is 6.20 Å². The molecular weight excluding hydrogens is 368 g/mol. The van der Waals surface area contributed by atoms with Crippen molar-refractivity contribution in [3.8, 4) is 17.0 Å². The topological polar surface area (TPSA) is 104 Å². The van der Waals surface area contributed by atoms with Crippen molar-refractivity contribution in [3.05, 3.63) is 52.6 Å². The first kappa shape index (κ1) is 18.7. The second-order valence-electron chi connectivity index (χ2n) is 5.93. The van der Waals surface area contributed by atoms with E-state index in [-0.39, 0.29) is 11.4 Å². The number of hydrogen-bond donors (Lipinski definition) is 2. The number of carbonyl (C=O) groups is 1. The molecule has 1 amide bonds. The van der Waals surface area contributed by atoms with E-state index in [1.54, 1.807) is 24.3 Å². The second-order valence-corrected chi connectivity index (χ2v) is 6.32. The van der Waals surface area contributed by atoms with Crippen LogP contribution in [0.3, 0.4) is 0 Å². The summed E-state index contributed by atoms with van der Waals surface area (Å²) < 4.78 is 5.82. The first-order chi connectivity index (χ1) is 13.0. The monoisotopic (exact) mass is 386 g/mol. The van der Waals surface area contributed by atoms with E-state index in [0.29, 0.717) is 44.2 Å². The fraction of sp³-hybridized carbons (Fsp3) is 0.211. The standard InChI is InChI=1S/C19H19ClN4O3/c1-3-9-22-18(25)17-16(21)12-6-4-5-11(14(12)10-24(17)26)13-7-8-15(20)23-19(13)27-2/h4-8,10H,3,9,21H2,1-2H3,(H,22,25). The van der Waals surface area contributed by atoms with Crippen LogP contribution in [0.4, 0.5) is 5.69 Å². The molecule has 0 saturated heterocycles. The fourth-order valence-corrected chi connectivity index (χ4v) is 3.06. The smallest absolute Gasteiger partial charge is 0.319 e. The Kier molecular flexibility index (Phi) is 5.32. The molecule has 2 heterocycles. The molecule has 0 aliphatic heterocycles. The number of anilines is 1. The number of amides is 1. The minimum Gasteiger partial charge on any atom is -0.618 e. The number of nitrogens with one attached hydrogen (secondary N) is 1. The number of carbonyl (C=O) groups excluding carboxylic acids is 1. The number of nitrogens with zero attached hydrogens (tertiary/aromatic N) is 2. The van der Waals surface area contributed by atoms with Crippen LogP contribution in [0.2, 0.25) is 5.15 Å². The average Bonchev–Trinajstić information content (AvgIpc) is 2.66. The summed E-state index contributed by atoms with van der Waals surface area (Å²) in [5.41, 5.74) is 7.55. The van der Waals surface area contributed by atoms with Gasteiger partial charge in [-0.15, -0.1) is 0 Å². The highest BCUT2D eigenvalue weighted by Crippen LogP contribution is 2.36. The number of nitrogens with two attached hydrogens (primary N) is 1. The van der Waals surface area contributed by atoms with Gasteiger partial charge < -0.3 is 21.0 Å². The molecule has 0 saturated carbocycles. The van der Waals surface area contributed by atoms with Gasteiger partial charge in [-0.05, 0) is 18.6 Å². The summed E-state index contributed by atoms with van der Waals surface area (Å²) in [6.07, 6.45) is 2.10. The first-order valence-electron chi connectivity index (χ1n) is 8.41. The van der Waals surface area contributed by atoms with Crippen molar-refractivity contribution < 1.29 is 14.3 Å². The number of pyridine rings is 2. The summed E-state index contributed by atoms with van der Waals surface area (Å²) in [5, 5.41) is 16.7. The zero-order chi connectivity index (χ0) is 19.6. The number of aromatic nitrogens is 2. The van der Waals surface area contributed by atoms with Gasteiger partial charge in [-0.2, -0.15) is 4.73 Å². The Balaban J connectivity index is 2.23. The highest BCUT2D eigenvalue weighted by molar-refractivity contribution is 6.29. The maximum absolute atomic E-state index is 12.6. The molecule has 27 heavy (non-hydrogen) atoms. The fourth-order valence-electron chi connectivity index (χ4n) is 2.93. The van der Waals surface area contributed by atoms with E-state index < -0.39 is 5.91 Å². The third-order valence-corrected chi connectivity index (χ3v) is 4.39. The molecule has 8 heteroatoms. The van der Waals surface area contributed by atoms with E-state index in [1.807, 2.05) is 13.0 Å². The minimum atomic E-state index is -0.498. The van der Waals surface area contributed by atoms with Gasteiger partial charge in [0.2, 0.25) is 5.88 Å². The predicted octanol–water partition coefficient (Wildman–Crippen LogP) is 2.92. The minimum absolute atomic E-state index is 0.116. The lowest BCUT2D eigenvalue weighted by molar-refractivity contribution is -0.605. The highest BCUT2D eigenvalue weighted by atomic mass is 35.5. The van der Waals surface area contributed by atoms with Gasteiger partial charge in [-0.25, -0.2) is 4.98 Å². The van der Waals surface area contributed by atoms with Gasteiger partial charge in [0.25, 0.3) is 0 Å². The van der Waals surface area contributed by atoms with Gasteiger partial charge in [0, 0.05) is 23.1 Å². The molecule has 0 aliphatic carbocycles. The van der Waals surface area contributed by atoms with Crippen molar-refractivity contribution in [1.29, 1.82) is 0 Å². The largest absolute Gasteiger partial charge is 0.618 e. The molecule has 3 rings (SSSR count). The molecule has 2 aromatic heterocycles. The first-order valence-corrected chi connectivity index (χ1v) is 8.79. The van der Waals surface area contributed by atoms with Gasteiger partial charge in [-0.1, -0.05) is 36.7 Å². The molecule has 0 atom stereocenters. The number of rotatable bonds is 5. The van der Waals surface area contributed by atoms with Crippen molar-refractivity contribution in [2.75, 3.05) is 19.4 Å². The lowest BCUT2D eigenvalue weighted by Gasteiger charge is -2.14. The Morgan fingerprint density at radius 2 is 2.07 bits per heavy atom. The highest BCUT2D eigenvalue weighted by Gasteiger charge is 2.24. The SMILES string of the molecule is CCCNC(=O)c1c(N)c2cccc(-c3ccc(Cl)nc3OC)c2c[n+]1[O-]. The van der Waals surface area contributed by atoms with E-state index >= 15 is 0 Å². The number of benzene rings is 1. The molecule has 140 valence electrons. The summed E-state index contributed by atoms with van der Waals surface area (Å²) in [4.78, 5) is 16.5. The van der Waals surface area contributed by atoms with Crippen molar-refractivity contribution >= 4 is 34.0 Å². The summed E-state index contributed by atoms with van der Waals surface area (Å²) in [7, 11) is 1.49. The predicted molar refractivity (Wildman–Crippen MR) is 105 cm³/mol. The molecule has 0 unspecified atom stereocenters. The maximum atomic E-state index is 12.6. The summed E-state index contributed by atoms with van der Waals surface area (Å²) in [6.45, 7) is 2.39. The van der Waals surface area contributed by atoms with Crippen LogP contribution in [-0.2, 0) is 0 Å². The number of ether oxygens (including phenoxy) is 1. The van der Waals surface area contributed by atoms with Crippen LogP contribution >= 0.6 is 11.6 Å². The molecular formula is C19H19ClN4O3. The van der Waals surface area contributed by atoms with Crippen molar-refractivity contribution in [3.63, 3.8) is 0 Å². The third-order valence-electron chi connectivity index (χ3n) is 4.18. The third kappa shape index (κ3) is 3.46. The molecule has 0 bridgehead atoms. The van der Waals surface area contributed by atoms with Crippen LogP contribution < -0.4 is 20.5 Å². The van der Waals surface area contributed by atoms with Gasteiger partial charge in [-0.3, -0.25) is 4.79 Å². The van der Waals surface area contributed by atoms with Gasteiger partial charge in [0.1, 0.15) is 10.8 Å². The van der Waals surface area contributed by atoms with Crippen LogP contribution in [0.25, 0.3) is 21.9 Å². The Bertz CT molecular complexity index is 1020. The number of halogens is 1. The van der Waals surface area contributed by atoms with Crippen LogP contribution in [0.1, 0.15) is 23.8 Å². The molecule has 7 nitrogen and oxygen atoms in total. The van der Waals surface area contributed by atoms with E-state index in [2.05, 4.69) is 10.3 Å². The molecule has 3 aromatic rings. The maximum Gasteiger partial charge on any atom is 0.319 e. The molecule has 0 fully saturated rings. The average molecular weight is 387 g/mol. The molecule has 0 spiro atoms. The van der Waals surface area contributed by atoms with Crippen LogP contribution in [-0.4, -0.2) is 24.5 Å².